The van der Waals surface area contributed by atoms with E-state index in [0.717, 1.165) is 33.8 Å². The van der Waals surface area contributed by atoms with Crippen LogP contribution in [0, 0.1) is 0 Å². The third kappa shape index (κ3) is 2.67. The van der Waals surface area contributed by atoms with Crippen LogP contribution in [0.5, 0.6) is 17.2 Å². The maximum absolute atomic E-state index is 5.55. The molecule has 2 aromatic carbocycles. The van der Waals surface area contributed by atoms with Crippen molar-refractivity contribution in [1.82, 2.24) is 24.6 Å². The number of benzene rings is 2. The first-order chi connectivity index (χ1) is 13.7. The minimum absolute atomic E-state index is 0.192. The number of methoxy groups -OCH3 is 1. The van der Waals surface area contributed by atoms with E-state index in [4.69, 9.17) is 14.2 Å². The lowest BCUT2D eigenvalue weighted by Crippen LogP contribution is -1.94. The average Bonchev–Trinajstić information content (AvgIpc) is 3.47. The summed E-state index contributed by atoms with van der Waals surface area (Å²) in [5, 5.41) is 13.6. The normalized spacial score (nSPS) is 12.4. The maximum Gasteiger partial charge on any atom is 0.231 e. The van der Waals surface area contributed by atoms with Gasteiger partial charge in [-0.05, 0) is 39.7 Å². The Hall–Kier alpha value is -3.46. The molecule has 8 nitrogen and oxygen atoms in total. The van der Waals surface area contributed by atoms with Crippen molar-refractivity contribution in [3.05, 3.63) is 41.8 Å². The first-order valence-corrected chi connectivity index (χ1v) is 9.34. The predicted octanol–water partition coefficient (Wildman–Crippen LogP) is 3.40. The molecule has 0 N–H and O–H groups in total. The van der Waals surface area contributed by atoms with Crippen LogP contribution in [0.2, 0.25) is 0 Å². The first-order valence-electron chi connectivity index (χ1n) is 8.50. The number of fused-ring (bicyclic) bond motifs is 1. The summed E-state index contributed by atoms with van der Waals surface area (Å²) in [5.74, 6) is 2.65. The highest BCUT2D eigenvalue weighted by Gasteiger charge is 2.22. The number of aryl methyl sites for hydroxylation is 1. The Morgan fingerprint density at radius 2 is 1.89 bits per heavy atom. The minimum Gasteiger partial charge on any atom is -0.493 e. The molecule has 0 atom stereocenters. The summed E-state index contributed by atoms with van der Waals surface area (Å²) in [6, 6.07) is 11.9. The van der Waals surface area contributed by atoms with Gasteiger partial charge >= 0.3 is 0 Å². The first kappa shape index (κ1) is 16.7. The molecule has 0 bridgehead atoms. The number of hydrogen-bond acceptors (Lipinski definition) is 8. The molecule has 28 heavy (non-hydrogen) atoms. The maximum atomic E-state index is 5.55. The van der Waals surface area contributed by atoms with Gasteiger partial charge in [0, 0.05) is 29.1 Å². The standard InChI is InChI=1S/C19H15N5O3S/c1-24-19(20-22-23-24)12-5-3-11(4-6-12)14-9-28-21-17(14)13-7-15(25-2)18-16(8-13)26-10-27-18/h3-9H,10H2,1-2H3. The zero-order valence-electron chi connectivity index (χ0n) is 15.1. The van der Waals surface area contributed by atoms with Crippen LogP contribution < -0.4 is 14.2 Å². The van der Waals surface area contributed by atoms with E-state index in [1.165, 1.54) is 11.5 Å². The Bertz CT molecular complexity index is 1150. The molecule has 140 valence electrons. The van der Waals surface area contributed by atoms with Crippen molar-refractivity contribution in [3.63, 3.8) is 0 Å². The van der Waals surface area contributed by atoms with Gasteiger partial charge in [0.1, 0.15) is 0 Å². The highest BCUT2D eigenvalue weighted by molar-refractivity contribution is 7.04. The van der Waals surface area contributed by atoms with Gasteiger partial charge in [0.15, 0.2) is 17.3 Å². The summed E-state index contributed by atoms with van der Waals surface area (Å²) in [6.45, 7) is 0.192. The summed E-state index contributed by atoms with van der Waals surface area (Å²) in [4.78, 5) is 0. The van der Waals surface area contributed by atoms with Crippen LogP contribution in [-0.4, -0.2) is 38.5 Å². The zero-order valence-corrected chi connectivity index (χ0v) is 15.9. The van der Waals surface area contributed by atoms with E-state index < -0.39 is 0 Å². The van der Waals surface area contributed by atoms with Crippen LogP contribution in [0.4, 0.5) is 0 Å². The number of hydrogen-bond donors (Lipinski definition) is 0. The Morgan fingerprint density at radius 3 is 2.64 bits per heavy atom. The van der Waals surface area contributed by atoms with Gasteiger partial charge in [-0.2, -0.15) is 4.37 Å². The summed E-state index contributed by atoms with van der Waals surface area (Å²) < 4.78 is 22.7. The van der Waals surface area contributed by atoms with Crippen molar-refractivity contribution in [1.29, 1.82) is 0 Å². The van der Waals surface area contributed by atoms with Gasteiger partial charge in [-0.1, -0.05) is 24.3 Å². The molecule has 0 aliphatic carbocycles. The molecule has 1 aliphatic rings. The topological polar surface area (TPSA) is 84.2 Å². The smallest absolute Gasteiger partial charge is 0.231 e. The molecule has 5 rings (SSSR count). The Balaban J connectivity index is 1.55. The zero-order chi connectivity index (χ0) is 19.1. The van der Waals surface area contributed by atoms with Crippen LogP contribution in [0.3, 0.4) is 0 Å². The lowest BCUT2D eigenvalue weighted by molar-refractivity contribution is 0.171. The van der Waals surface area contributed by atoms with E-state index in [0.29, 0.717) is 17.2 Å². The van der Waals surface area contributed by atoms with Crippen LogP contribution >= 0.6 is 11.5 Å². The summed E-state index contributed by atoms with van der Waals surface area (Å²) in [5.41, 5.74) is 4.83. The molecule has 0 saturated heterocycles. The quantitative estimate of drug-likeness (QED) is 0.525. The average molecular weight is 393 g/mol. The van der Waals surface area contributed by atoms with Crippen LogP contribution in [-0.2, 0) is 7.05 Å². The van der Waals surface area contributed by atoms with Gasteiger partial charge in [-0.3, -0.25) is 0 Å². The largest absolute Gasteiger partial charge is 0.493 e. The van der Waals surface area contributed by atoms with Gasteiger partial charge in [0.05, 0.1) is 12.8 Å². The number of rotatable bonds is 4. The molecule has 0 amide bonds. The summed E-state index contributed by atoms with van der Waals surface area (Å²) in [6.07, 6.45) is 0. The number of aromatic nitrogens is 5. The van der Waals surface area contributed by atoms with E-state index in [1.807, 2.05) is 48.8 Å². The van der Waals surface area contributed by atoms with E-state index in [1.54, 1.807) is 11.8 Å². The summed E-state index contributed by atoms with van der Waals surface area (Å²) >= 11 is 1.41. The Kier molecular flexibility index (Phi) is 3.94. The van der Waals surface area contributed by atoms with Crippen molar-refractivity contribution >= 4 is 11.5 Å². The van der Waals surface area contributed by atoms with E-state index in [9.17, 15) is 0 Å². The van der Waals surface area contributed by atoms with E-state index >= 15 is 0 Å². The Labute approximate surface area is 164 Å². The van der Waals surface area contributed by atoms with Crippen molar-refractivity contribution < 1.29 is 14.2 Å². The number of tetrazole rings is 1. The van der Waals surface area contributed by atoms with Gasteiger partial charge < -0.3 is 14.2 Å². The van der Waals surface area contributed by atoms with Gasteiger partial charge in [-0.25, -0.2) is 4.68 Å². The second kappa shape index (κ2) is 6.61. The summed E-state index contributed by atoms with van der Waals surface area (Å²) in [7, 11) is 3.43. The molecule has 2 aromatic heterocycles. The molecule has 0 spiro atoms. The monoisotopic (exact) mass is 393 g/mol. The molecule has 0 unspecified atom stereocenters. The second-order valence-corrected chi connectivity index (χ2v) is 6.82. The van der Waals surface area contributed by atoms with E-state index in [-0.39, 0.29) is 6.79 Å². The third-order valence-corrected chi connectivity index (χ3v) is 5.20. The second-order valence-electron chi connectivity index (χ2n) is 6.19. The van der Waals surface area contributed by atoms with Crippen LogP contribution in [0.25, 0.3) is 33.8 Å². The molecule has 3 heterocycles. The predicted molar refractivity (Wildman–Crippen MR) is 103 cm³/mol. The highest BCUT2D eigenvalue weighted by Crippen LogP contribution is 2.45. The minimum atomic E-state index is 0.192. The molecular formula is C19H15N5O3S. The molecule has 9 heteroatoms. The molecule has 0 saturated carbocycles. The van der Waals surface area contributed by atoms with Crippen molar-refractivity contribution in [3.8, 4) is 51.0 Å². The van der Waals surface area contributed by atoms with Crippen molar-refractivity contribution in [2.45, 2.75) is 0 Å². The number of ether oxygens (including phenoxy) is 3. The fraction of sp³-hybridized carbons (Fsp3) is 0.158. The lowest BCUT2D eigenvalue weighted by atomic mass is 10.00. The lowest BCUT2D eigenvalue weighted by Gasteiger charge is -2.09. The fourth-order valence-electron chi connectivity index (χ4n) is 3.19. The molecule has 0 radical (unpaired) electrons. The molecule has 1 aliphatic heterocycles. The molecular weight excluding hydrogens is 378 g/mol. The third-order valence-electron chi connectivity index (χ3n) is 4.58. The number of nitrogens with zero attached hydrogens (tertiary/aromatic N) is 5. The Morgan fingerprint density at radius 1 is 1.07 bits per heavy atom. The van der Waals surface area contributed by atoms with Crippen LogP contribution in [0.1, 0.15) is 0 Å². The van der Waals surface area contributed by atoms with Crippen molar-refractivity contribution in [2.24, 2.45) is 7.05 Å². The van der Waals surface area contributed by atoms with Gasteiger partial charge in [0.2, 0.25) is 12.5 Å². The van der Waals surface area contributed by atoms with Gasteiger partial charge in [0.25, 0.3) is 0 Å². The highest BCUT2D eigenvalue weighted by atomic mass is 32.1. The molecule has 0 fully saturated rings. The van der Waals surface area contributed by atoms with Crippen LogP contribution in [0.15, 0.2) is 41.8 Å². The van der Waals surface area contributed by atoms with Gasteiger partial charge in [-0.15, -0.1) is 5.10 Å². The SMILES string of the molecule is COc1cc(-c2nscc2-c2ccc(-c3nnnn3C)cc2)cc2c1OCO2. The van der Waals surface area contributed by atoms with E-state index in [2.05, 4.69) is 19.9 Å². The molecule has 4 aromatic rings. The fourth-order valence-corrected chi connectivity index (χ4v) is 3.90. The van der Waals surface area contributed by atoms with Crippen molar-refractivity contribution in [2.75, 3.05) is 13.9 Å².